The second kappa shape index (κ2) is 5.16. The summed E-state index contributed by atoms with van der Waals surface area (Å²) in [5.41, 5.74) is 4.39. The first kappa shape index (κ1) is 14.1. The number of carbonyl (C=O) groups excluding carboxylic acids is 2. The number of rotatable bonds is 5. The highest BCUT2D eigenvalue weighted by Crippen LogP contribution is 2.10. The molecule has 1 aromatic rings. The number of hydrogen-bond donors (Lipinski definition) is 3. The lowest BCUT2D eigenvalue weighted by Gasteiger charge is -2.23. The van der Waals surface area contributed by atoms with Crippen molar-refractivity contribution in [2.24, 2.45) is 5.73 Å². The lowest BCUT2D eigenvalue weighted by Crippen LogP contribution is -2.46. The first-order valence-electron chi connectivity index (χ1n) is 5.74. The Kier molecular flexibility index (Phi) is 4.05. The average molecular weight is 253 g/mol. The summed E-state index contributed by atoms with van der Waals surface area (Å²) in [6.07, 6.45) is 0.0558. The molecule has 0 saturated heterocycles. The molecule has 7 heteroatoms. The number of primary amides is 1. The number of nitrogens with one attached hydrogen (secondary N) is 2. The molecule has 0 spiro atoms. The summed E-state index contributed by atoms with van der Waals surface area (Å²) >= 11 is 0. The van der Waals surface area contributed by atoms with Gasteiger partial charge in [0.25, 0.3) is 5.91 Å². The van der Waals surface area contributed by atoms with Gasteiger partial charge in [0.05, 0.1) is 0 Å². The molecule has 7 nitrogen and oxygen atoms in total. The first-order valence-corrected chi connectivity index (χ1v) is 5.74. The molecule has 100 valence electrons. The Morgan fingerprint density at radius 1 is 1.44 bits per heavy atom. The molecule has 0 aliphatic rings. The number of aromatic amines is 1. The summed E-state index contributed by atoms with van der Waals surface area (Å²) in [6, 6.07) is 0. The van der Waals surface area contributed by atoms with Crippen LogP contribution in [0.2, 0.25) is 0 Å². The third-order valence-corrected chi connectivity index (χ3v) is 2.32. The van der Waals surface area contributed by atoms with Gasteiger partial charge in [0.2, 0.25) is 11.7 Å². The summed E-state index contributed by atoms with van der Waals surface area (Å²) in [7, 11) is 0. The second-order valence-corrected chi connectivity index (χ2v) is 5.18. The average Bonchev–Trinajstić information content (AvgIpc) is 2.62. The van der Waals surface area contributed by atoms with Crippen LogP contribution in [0, 0.1) is 0 Å². The third kappa shape index (κ3) is 3.83. The molecule has 0 bridgehead atoms. The fourth-order valence-electron chi connectivity index (χ4n) is 1.48. The molecule has 0 atom stereocenters. The van der Waals surface area contributed by atoms with Crippen LogP contribution < -0.4 is 11.1 Å². The van der Waals surface area contributed by atoms with E-state index >= 15 is 0 Å². The highest BCUT2D eigenvalue weighted by Gasteiger charge is 2.25. The molecule has 0 aromatic carbocycles. The molecular weight excluding hydrogens is 234 g/mol. The Morgan fingerprint density at radius 2 is 2.06 bits per heavy atom. The van der Waals surface area contributed by atoms with Gasteiger partial charge < -0.3 is 11.1 Å². The third-order valence-electron chi connectivity index (χ3n) is 2.32. The van der Waals surface area contributed by atoms with Crippen LogP contribution in [0.1, 0.15) is 56.5 Å². The van der Waals surface area contributed by atoms with Gasteiger partial charge in [0.1, 0.15) is 5.82 Å². The van der Waals surface area contributed by atoms with E-state index in [9.17, 15) is 9.59 Å². The number of H-pyrrole nitrogens is 1. The molecule has 1 heterocycles. The minimum Gasteiger partial charge on any atom is -0.370 e. The van der Waals surface area contributed by atoms with Gasteiger partial charge in [-0.3, -0.25) is 14.7 Å². The van der Waals surface area contributed by atoms with Crippen LogP contribution in [-0.4, -0.2) is 32.5 Å². The van der Waals surface area contributed by atoms with Gasteiger partial charge in [0, 0.05) is 17.9 Å². The molecule has 0 radical (unpaired) electrons. The monoisotopic (exact) mass is 253 g/mol. The fourth-order valence-corrected chi connectivity index (χ4v) is 1.48. The van der Waals surface area contributed by atoms with E-state index in [0.29, 0.717) is 5.82 Å². The van der Waals surface area contributed by atoms with Gasteiger partial charge >= 0.3 is 0 Å². The van der Waals surface area contributed by atoms with E-state index in [1.165, 1.54) is 0 Å². The quantitative estimate of drug-likeness (QED) is 0.700. The van der Waals surface area contributed by atoms with Crippen molar-refractivity contribution in [3.63, 3.8) is 0 Å². The van der Waals surface area contributed by atoms with Crippen LogP contribution in [0.25, 0.3) is 0 Å². The predicted molar refractivity (Wildman–Crippen MR) is 65.8 cm³/mol. The summed E-state index contributed by atoms with van der Waals surface area (Å²) in [5, 5.41) is 9.21. The van der Waals surface area contributed by atoms with E-state index in [1.54, 1.807) is 13.8 Å². The van der Waals surface area contributed by atoms with Crippen LogP contribution in [-0.2, 0) is 4.79 Å². The predicted octanol–water partition coefficient (Wildman–Crippen LogP) is 0.312. The maximum absolute atomic E-state index is 11.9. The molecule has 18 heavy (non-hydrogen) atoms. The summed E-state index contributed by atoms with van der Waals surface area (Å²) < 4.78 is 0. The maximum atomic E-state index is 11.9. The second-order valence-electron chi connectivity index (χ2n) is 5.18. The number of amides is 2. The van der Waals surface area contributed by atoms with Crippen molar-refractivity contribution in [1.82, 2.24) is 20.5 Å². The van der Waals surface area contributed by atoms with Crippen molar-refractivity contribution in [3.05, 3.63) is 11.6 Å². The molecule has 0 aliphatic heterocycles. The largest absolute Gasteiger partial charge is 0.370 e. The zero-order chi connectivity index (χ0) is 13.9. The Hall–Kier alpha value is -1.92. The minimum atomic E-state index is -0.721. The van der Waals surface area contributed by atoms with E-state index in [-0.39, 0.29) is 18.2 Å². The maximum Gasteiger partial charge on any atom is 0.291 e. The molecule has 2 amide bonds. The van der Waals surface area contributed by atoms with Crippen molar-refractivity contribution >= 4 is 11.8 Å². The van der Waals surface area contributed by atoms with Gasteiger partial charge in [-0.1, -0.05) is 13.8 Å². The molecule has 1 aromatic heterocycles. The van der Waals surface area contributed by atoms with E-state index in [4.69, 9.17) is 5.73 Å². The fraction of sp³-hybridized carbons (Fsp3) is 0.636. The lowest BCUT2D eigenvalue weighted by atomic mass is 10.0. The number of aromatic nitrogens is 3. The van der Waals surface area contributed by atoms with Gasteiger partial charge in [-0.25, -0.2) is 4.98 Å². The van der Waals surface area contributed by atoms with E-state index in [1.807, 2.05) is 13.8 Å². The minimum absolute atomic E-state index is 0.0558. The van der Waals surface area contributed by atoms with Crippen LogP contribution >= 0.6 is 0 Å². The zero-order valence-electron chi connectivity index (χ0n) is 11.1. The summed E-state index contributed by atoms with van der Waals surface area (Å²) in [5.74, 6) is -0.0238. The topological polar surface area (TPSA) is 114 Å². The Balaban J connectivity index is 2.72. The number of nitrogens with two attached hydrogens (primary N) is 1. The van der Waals surface area contributed by atoms with E-state index < -0.39 is 17.4 Å². The molecule has 0 unspecified atom stereocenters. The molecule has 1 rings (SSSR count). The Bertz CT molecular complexity index is 450. The summed E-state index contributed by atoms with van der Waals surface area (Å²) in [4.78, 5) is 26.8. The first-order chi connectivity index (χ1) is 8.21. The molecule has 0 aliphatic carbocycles. The SMILES string of the molecule is CC(C)c1nc(C(=O)NC(C)(C)CC(N)=O)n[nH]1. The lowest BCUT2D eigenvalue weighted by molar-refractivity contribution is -0.119. The highest BCUT2D eigenvalue weighted by molar-refractivity contribution is 5.91. The van der Waals surface area contributed by atoms with Crippen LogP contribution in [0.3, 0.4) is 0 Å². The van der Waals surface area contributed by atoms with Crippen LogP contribution in [0.4, 0.5) is 0 Å². The van der Waals surface area contributed by atoms with Gasteiger partial charge in [-0.15, -0.1) is 5.10 Å². The Labute approximate surface area is 106 Å². The van der Waals surface area contributed by atoms with E-state index in [0.717, 1.165) is 0 Å². The van der Waals surface area contributed by atoms with Crippen molar-refractivity contribution in [2.75, 3.05) is 0 Å². The van der Waals surface area contributed by atoms with Crippen molar-refractivity contribution < 1.29 is 9.59 Å². The standard InChI is InChI=1S/C11H19N5O2/c1-6(2)8-13-9(16-15-8)10(18)14-11(3,4)5-7(12)17/h6H,5H2,1-4H3,(H2,12,17)(H,14,18)(H,13,15,16). The van der Waals surface area contributed by atoms with Crippen molar-refractivity contribution in [2.45, 2.75) is 45.6 Å². The number of hydrogen-bond acceptors (Lipinski definition) is 4. The zero-order valence-corrected chi connectivity index (χ0v) is 11.1. The molecule has 4 N–H and O–H groups in total. The van der Waals surface area contributed by atoms with Crippen molar-refractivity contribution in [1.29, 1.82) is 0 Å². The van der Waals surface area contributed by atoms with Gasteiger partial charge in [-0.05, 0) is 13.8 Å². The van der Waals surface area contributed by atoms with Crippen LogP contribution in [0.15, 0.2) is 0 Å². The summed E-state index contributed by atoms with van der Waals surface area (Å²) in [6.45, 7) is 7.32. The smallest absolute Gasteiger partial charge is 0.291 e. The van der Waals surface area contributed by atoms with Crippen molar-refractivity contribution in [3.8, 4) is 0 Å². The van der Waals surface area contributed by atoms with E-state index in [2.05, 4.69) is 20.5 Å². The van der Waals surface area contributed by atoms with Gasteiger partial charge in [0.15, 0.2) is 0 Å². The number of carbonyl (C=O) groups is 2. The van der Waals surface area contributed by atoms with Gasteiger partial charge in [-0.2, -0.15) is 0 Å². The highest BCUT2D eigenvalue weighted by atomic mass is 16.2. The van der Waals surface area contributed by atoms with Crippen LogP contribution in [0.5, 0.6) is 0 Å². The Morgan fingerprint density at radius 3 is 2.50 bits per heavy atom. The molecule has 0 fully saturated rings. The normalized spacial score (nSPS) is 11.6. The molecule has 0 saturated carbocycles. The number of nitrogens with zero attached hydrogens (tertiary/aromatic N) is 2. The molecular formula is C11H19N5O2.